The number of carboxylic acids is 1. The van der Waals surface area contributed by atoms with Crippen molar-refractivity contribution in [2.75, 3.05) is 6.54 Å². The fourth-order valence-electron chi connectivity index (χ4n) is 2.55. The molecule has 1 aromatic heterocycles. The van der Waals surface area contributed by atoms with Crippen molar-refractivity contribution in [3.8, 4) is 0 Å². The molecule has 0 spiro atoms. The highest BCUT2D eigenvalue weighted by molar-refractivity contribution is 9.10. The molecule has 1 fully saturated rings. The van der Waals surface area contributed by atoms with Crippen LogP contribution >= 0.6 is 15.9 Å². The highest BCUT2D eigenvalue weighted by atomic mass is 79.9. The van der Waals surface area contributed by atoms with Crippen molar-refractivity contribution in [1.29, 1.82) is 0 Å². The Balaban J connectivity index is 2.32. The molecule has 2 heterocycles. The van der Waals surface area contributed by atoms with E-state index < -0.39 is 11.5 Å². The summed E-state index contributed by atoms with van der Waals surface area (Å²) in [7, 11) is 0. The molecule has 1 aliphatic heterocycles. The number of nitrogens with zero attached hydrogens (tertiary/aromatic N) is 1. The van der Waals surface area contributed by atoms with E-state index in [4.69, 9.17) is 0 Å². The molecule has 5 nitrogen and oxygen atoms in total. The van der Waals surface area contributed by atoms with E-state index in [1.165, 1.54) is 4.90 Å². The standard InChI is InChI=1S/C12H15BrN2O3/c1-2-12(11(17)18)4-3-5-15(12)10(16)9-6-8(13)7-14-9/h6-7,14H,2-5H2,1H3,(H,17,18). The minimum absolute atomic E-state index is 0.248. The monoisotopic (exact) mass is 314 g/mol. The van der Waals surface area contributed by atoms with Gasteiger partial charge in [-0.25, -0.2) is 4.79 Å². The van der Waals surface area contributed by atoms with Crippen molar-refractivity contribution in [3.05, 3.63) is 22.4 Å². The van der Waals surface area contributed by atoms with Gasteiger partial charge in [0.15, 0.2) is 0 Å². The number of amides is 1. The minimum atomic E-state index is -1.05. The number of aromatic amines is 1. The first-order chi connectivity index (χ1) is 8.51. The summed E-state index contributed by atoms with van der Waals surface area (Å²) in [6.45, 7) is 2.31. The van der Waals surface area contributed by atoms with Crippen molar-refractivity contribution < 1.29 is 14.7 Å². The molecule has 0 radical (unpaired) electrons. The Labute approximate surface area is 113 Å². The Morgan fingerprint density at radius 2 is 2.33 bits per heavy atom. The number of halogens is 1. The SMILES string of the molecule is CCC1(C(=O)O)CCCN1C(=O)c1cc(Br)c[nH]1. The summed E-state index contributed by atoms with van der Waals surface area (Å²) in [6.07, 6.45) is 3.34. The van der Waals surface area contributed by atoms with E-state index in [1.54, 1.807) is 12.3 Å². The molecule has 18 heavy (non-hydrogen) atoms. The van der Waals surface area contributed by atoms with Crippen LogP contribution < -0.4 is 0 Å². The summed E-state index contributed by atoms with van der Waals surface area (Å²) in [4.78, 5) is 28.2. The number of aromatic nitrogens is 1. The van der Waals surface area contributed by atoms with Gasteiger partial charge in [0.2, 0.25) is 0 Å². The zero-order chi connectivity index (χ0) is 13.3. The summed E-state index contributed by atoms with van der Waals surface area (Å²) >= 11 is 3.27. The topological polar surface area (TPSA) is 73.4 Å². The molecule has 1 saturated heterocycles. The zero-order valence-corrected chi connectivity index (χ0v) is 11.7. The third kappa shape index (κ3) is 1.94. The van der Waals surface area contributed by atoms with Crippen molar-refractivity contribution in [2.45, 2.75) is 31.7 Å². The van der Waals surface area contributed by atoms with Crippen LogP contribution in [0.2, 0.25) is 0 Å². The smallest absolute Gasteiger partial charge is 0.329 e. The van der Waals surface area contributed by atoms with Gasteiger partial charge in [-0.05, 0) is 41.3 Å². The van der Waals surface area contributed by atoms with Crippen molar-refractivity contribution in [3.63, 3.8) is 0 Å². The molecule has 2 N–H and O–H groups in total. The van der Waals surface area contributed by atoms with Gasteiger partial charge >= 0.3 is 5.97 Å². The largest absolute Gasteiger partial charge is 0.479 e. The number of rotatable bonds is 3. The number of likely N-dealkylation sites (tertiary alicyclic amines) is 1. The molecule has 2 rings (SSSR count). The number of hydrogen-bond donors (Lipinski definition) is 2. The zero-order valence-electron chi connectivity index (χ0n) is 10.1. The molecule has 0 aromatic carbocycles. The van der Waals surface area contributed by atoms with Crippen LogP contribution in [-0.2, 0) is 4.79 Å². The van der Waals surface area contributed by atoms with E-state index in [0.29, 0.717) is 25.1 Å². The average Bonchev–Trinajstić information content (AvgIpc) is 2.94. The Hall–Kier alpha value is -1.30. The van der Waals surface area contributed by atoms with Gasteiger partial charge in [-0.3, -0.25) is 4.79 Å². The van der Waals surface area contributed by atoms with Gasteiger partial charge in [0.25, 0.3) is 5.91 Å². The average molecular weight is 315 g/mol. The third-order valence-electron chi connectivity index (χ3n) is 3.60. The van der Waals surface area contributed by atoms with Crippen LogP contribution in [0.4, 0.5) is 0 Å². The number of aliphatic carboxylic acids is 1. The molecule has 98 valence electrons. The van der Waals surface area contributed by atoms with Crippen LogP contribution in [0.15, 0.2) is 16.7 Å². The first kappa shape index (κ1) is 13.1. The number of H-pyrrole nitrogens is 1. The first-order valence-corrected chi connectivity index (χ1v) is 6.70. The lowest BCUT2D eigenvalue weighted by Gasteiger charge is -2.33. The van der Waals surface area contributed by atoms with E-state index in [1.807, 2.05) is 6.92 Å². The second-order valence-corrected chi connectivity index (χ2v) is 5.40. The van der Waals surface area contributed by atoms with Crippen LogP contribution in [-0.4, -0.2) is 39.0 Å². The van der Waals surface area contributed by atoms with Crippen molar-refractivity contribution in [1.82, 2.24) is 9.88 Å². The normalized spacial score (nSPS) is 23.3. The van der Waals surface area contributed by atoms with Gasteiger partial charge < -0.3 is 15.0 Å². The van der Waals surface area contributed by atoms with Crippen LogP contribution in [0.1, 0.15) is 36.7 Å². The summed E-state index contributed by atoms with van der Waals surface area (Å²) in [6, 6.07) is 1.67. The van der Waals surface area contributed by atoms with Gasteiger partial charge in [-0.15, -0.1) is 0 Å². The molecule has 6 heteroatoms. The number of carboxylic acid groups (broad SMARTS) is 1. The molecule has 1 unspecified atom stereocenters. The van der Waals surface area contributed by atoms with Crippen LogP contribution in [0.5, 0.6) is 0 Å². The second-order valence-electron chi connectivity index (χ2n) is 4.48. The molecule has 1 atom stereocenters. The van der Waals surface area contributed by atoms with E-state index in [-0.39, 0.29) is 5.91 Å². The van der Waals surface area contributed by atoms with Gasteiger partial charge in [-0.2, -0.15) is 0 Å². The van der Waals surface area contributed by atoms with E-state index in [0.717, 1.165) is 10.9 Å². The Morgan fingerprint density at radius 1 is 1.61 bits per heavy atom. The number of carbonyl (C=O) groups excluding carboxylic acids is 1. The summed E-state index contributed by atoms with van der Waals surface area (Å²) < 4.78 is 0.780. The molecule has 0 aliphatic carbocycles. The van der Waals surface area contributed by atoms with Gasteiger partial charge in [0.05, 0.1) is 0 Å². The molecular formula is C12H15BrN2O3. The summed E-state index contributed by atoms with van der Waals surface area (Å²) in [5, 5.41) is 9.42. The maximum absolute atomic E-state index is 12.3. The Bertz CT molecular complexity index is 485. The lowest BCUT2D eigenvalue weighted by Crippen LogP contribution is -2.52. The highest BCUT2D eigenvalue weighted by Crippen LogP contribution is 2.34. The predicted octanol–water partition coefficient (Wildman–Crippen LogP) is 2.25. The highest BCUT2D eigenvalue weighted by Gasteiger charge is 2.48. The Morgan fingerprint density at radius 3 is 2.83 bits per heavy atom. The van der Waals surface area contributed by atoms with Crippen LogP contribution in [0, 0.1) is 0 Å². The lowest BCUT2D eigenvalue weighted by molar-refractivity contribution is -0.148. The minimum Gasteiger partial charge on any atom is -0.479 e. The summed E-state index contributed by atoms with van der Waals surface area (Å²) in [5.41, 5.74) is -0.628. The fourth-order valence-corrected chi connectivity index (χ4v) is 2.90. The molecule has 1 amide bonds. The van der Waals surface area contributed by atoms with Gasteiger partial charge in [0.1, 0.15) is 11.2 Å². The molecule has 0 saturated carbocycles. The quantitative estimate of drug-likeness (QED) is 0.898. The van der Waals surface area contributed by atoms with Crippen LogP contribution in [0.3, 0.4) is 0 Å². The van der Waals surface area contributed by atoms with E-state index in [2.05, 4.69) is 20.9 Å². The number of nitrogens with one attached hydrogen (secondary N) is 1. The van der Waals surface area contributed by atoms with Crippen molar-refractivity contribution >= 4 is 27.8 Å². The van der Waals surface area contributed by atoms with Gasteiger partial charge in [-0.1, -0.05) is 6.92 Å². The number of hydrogen-bond acceptors (Lipinski definition) is 2. The van der Waals surface area contributed by atoms with E-state index >= 15 is 0 Å². The molecule has 1 aliphatic rings. The first-order valence-electron chi connectivity index (χ1n) is 5.90. The second kappa shape index (κ2) is 4.76. The maximum Gasteiger partial charge on any atom is 0.329 e. The third-order valence-corrected chi connectivity index (χ3v) is 4.05. The molecule has 0 bridgehead atoms. The van der Waals surface area contributed by atoms with Crippen LogP contribution in [0.25, 0.3) is 0 Å². The fraction of sp³-hybridized carbons (Fsp3) is 0.500. The van der Waals surface area contributed by atoms with E-state index in [9.17, 15) is 14.7 Å². The maximum atomic E-state index is 12.3. The van der Waals surface area contributed by atoms with Gasteiger partial charge in [0, 0.05) is 17.2 Å². The number of carbonyl (C=O) groups is 2. The lowest BCUT2D eigenvalue weighted by atomic mass is 9.93. The Kier molecular flexibility index (Phi) is 3.47. The molecule has 1 aromatic rings. The molecular weight excluding hydrogens is 300 g/mol. The summed E-state index contributed by atoms with van der Waals surface area (Å²) in [5.74, 6) is -1.16. The predicted molar refractivity (Wildman–Crippen MR) is 69.4 cm³/mol. The van der Waals surface area contributed by atoms with Crippen molar-refractivity contribution in [2.24, 2.45) is 0 Å².